The molecule has 0 spiro atoms. The van der Waals surface area contributed by atoms with Crippen molar-refractivity contribution in [3.63, 3.8) is 0 Å². The molecule has 0 aliphatic rings. The van der Waals surface area contributed by atoms with E-state index in [-0.39, 0.29) is 0 Å². The second-order valence-electron chi connectivity index (χ2n) is 6.96. The Labute approximate surface area is 235 Å². The first kappa shape index (κ1) is 34.3. The minimum atomic E-state index is -0.478. The third-order valence-corrected chi connectivity index (χ3v) is 9.48. The van der Waals surface area contributed by atoms with Gasteiger partial charge in [0, 0.05) is 0 Å². The Morgan fingerprint density at radius 2 is 0.919 bits per heavy atom. The van der Waals surface area contributed by atoms with E-state index in [9.17, 15) is 0 Å². The van der Waals surface area contributed by atoms with Crippen molar-refractivity contribution in [1.82, 2.24) is 0 Å². The summed E-state index contributed by atoms with van der Waals surface area (Å²) in [6, 6.07) is 40.8. The van der Waals surface area contributed by atoms with Crippen LogP contribution in [0.25, 0.3) is 0 Å². The zero-order chi connectivity index (χ0) is 27.9. The minimum Gasteiger partial charge on any atom is -0.0622 e. The average Bonchev–Trinajstić information content (AvgIpc) is 2.99. The Bertz CT molecular complexity index is 1140. The number of anilines is 1. The predicted molar refractivity (Wildman–Crippen MR) is 150 cm³/mol. The van der Waals surface area contributed by atoms with E-state index >= 15 is 0 Å². The maximum atomic E-state index is 7.50. The van der Waals surface area contributed by atoms with Crippen molar-refractivity contribution in [2.45, 2.75) is 0 Å². The molecule has 0 bridgehead atoms. The van der Waals surface area contributed by atoms with Crippen LogP contribution in [0.15, 0.2) is 115 Å². The van der Waals surface area contributed by atoms with Crippen molar-refractivity contribution in [3.8, 4) is 4.20 Å². The van der Waals surface area contributed by atoms with Crippen LogP contribution in [0.5, 0.6) is 0 Å². The molecule has 4 aromatic carbocycles. The second-order valence-corrected chi connectivity index (χ2v) is 13.1. The zero-order valence-electron chi connectivity index (χ0n) is 20.4. The number of hydrogen-bond acceptors (Lipinski definition) is 1. The zero-order valence-corrected chi connectivity index (χ0v) is 25.8. The molecular weight excluding hydrogens is 717 g/mol. The Morgan fingerprint density at radius 3 is 1.19 bits per heavy atom. The van der Waals surface area contributed by atoms with Crippen LogP contribution in [-0.2, 0) is 29.8 Å². The summed E-state index contributed by atoms with van der Waals surface area (Å²) in [6.07, 6.45) is 0. The average molecular weight is 742 g/mol. The van der Waals surface area contributed by atoms with Crippen LogP contribution in [0.4, 0.5) is 5.69 Å². The van der Waals surface area contributed by atoms with E-state index in [2.05, 4.69) is 158 Å². The fraction of sp³-hybridized carbons (Fsp3) is 0.0667. The van der Waals surface area contributed by atoms with Crippen molar-refractivity contribution < 1.29 is 29.8 Å². The van der Waals surface area contributed by atoms with Crippen LogP contribution < -0.4 is 20.8 Å². The van der Waals surface area contributed by atoms with Crippen molar-refractivity contribution in [2.75, 3.05) is 19.0 Å². The van der Waals surface area contributed by atoms with Crippen molar-refractivity contribution in [3.05, 3.63) is 141 Å². The fourth-order valence-electron chi connectivity index (χ4n) is 3.05. The molecule has 0 N–H and O–H groups in total. The number of benzene rings is 4. The van der Waals surface area contributed by atoms with Gasteiger partial charge < -0.3 is 0 Å². The summed E-state index contributed by atoms with van der Waals surface area (Å²) in [4.78, 5) is 2.09. The molecule has 4 nitrogen and oxygen atoms in total. The molecule has 0 fully saturated rings. The van der Waals surface area contributed by atoms with Gasteiger partial charge in [-0.2, -0.15) is 0 Å². The third-order valence-electron chi connectivity index (χ3n) is 4.58. The molecular formula is C30H25BrNO3PW. The molecule has 0 atom stereocenters. The monoisotopic (exact) mass is 741 g/mol. The summed E-state index contributed by atoms with van der Waals surface area (Å²) in [5.41, 5.74) is 2.45. The minimum absolute atomic E-state index is 0.446. The van der Waals surface area contributed by atoms with E-state index in [0.717, 1.165) is 0 Å². The largest absolute Gasteiger partial charge is 0.0622 e. The molecule has 0 aliphatic carbocycles. The molecule has 0 heterocycles. The molecule has 37 heavy (non-hydrogen) atoms. The Morgan fingerprint density at radius 1 is 0.595 bits per heavy atom. The molecule has 0 amide bonds. The van der Waals surface area contributed by atoms with Crippen molar-refractivity contribution >= 4 is 42.8 Å². The van der Waals surface area contributed by atoms with Crippen LogP contribution >= 0.6 is 21.2 Å². The number of hydrogen-bond donors (Lipinski definition) is 0. The summed E-state index contributed by atoms with van der Waals surface area (Å²) < 4.78 is 25.8. The Kier molecular flexibility index (Phi) is 20.8. The molecule has 0 aromatic heterocycles. The van der Waals surface area contributed by atoms with Crippen LogP contribution in [0, 0.1) is 24.2 Å². The summed E-state index contributed by atoms with van der Waals surface area (Å²) in [5, 5.41) is 4.19. The van der Waals surface area contributed by atoms with Crippen LogP contribution in [0.3, 0.4) is 0 Å². The maximum Gasteiger partial charge on any atom is -0.0134 e. The van der Waals surface area contributed by atoms with Gasteiger partial charge in [-0.1, -0.05) is 91.0 Å². The predicted octanol–water partition coefficient (Wildman–Crippen LogP) is 5.78. The SMILES string of the molecule is CN(C)c1ccc([C]#[W][Br])cc1.[C-]#[O+].[C-]#[O+].[C-]#[O+].c1ccc(P(c2ccccc2)c2ccccc2)cc1. The number of halogens is 1. The number of rotatable bonds is 4. The van der Waals surface area contributed by atoms with Gasteiger partial charge in [-0.05, 0) is 23.8 Å². The molecule has 186 valence electrons. The molecule has 0 saturated carbocycles. The van der Waals surface area contributed by atoms with E-state index in [4.69, 9.17) is 14.0 Å². The van der Waals surface area contributed by atoms with Gasteiger partial charge in [0.2, 0.25) is 0 Å². The normalized spacial score (nSPS) is 8.49. The quantitative estimate of drug-likeness (QED) is 0.149. The summed E-state index contributed by atoms with van der Waals surface area (Å²) in [7, 11) is 3.64. The second kappa shape index (κ2) is 22.5. The first-order valence-electron chi connectivity index (χ1n) is 10.6. The van der Waals surface area contributed by atoms with E-state index < -0.39 is 23.8 Å². The van der Waals surface area contributed by atoms with Crippen molar-refractivity contribution in [1.29, 1.82) is 0 Å². The maximum absolute atomic E-state index is 7.50. The standard InChI is InChI=1S/C18H15P.C9H10N.3CO.BrH.W/c1-4-10-16(11-5-1)19(17-12-6-2-7-13-17)18-14-8-3-9-15-18;1-8-4-6-9(7-5-8)10(2)3;3*1-2;;/h1-15H;4-7H,2-3H3;;;;1H;/q;;;;;;+1/p-1. The van der Waals surface area contributed by atoms with Crippen LogP contribution in [-0.4, -0.2) is 14.1 Å². The molecule has 4 rings (SSSR count). The van der Waals surface area contributed by atoms with Gasteiger partial charge in [0.15, 0.2) is 0 Å². The van der Waals surface area contributed by atoms with Gasteiger partial charge in [0.05, 0.1) is 0 Å². The van der Waals surface area contributed by atoms with Gasteiger partial charge in [-0.3, -0.25) is 0 Å². The van der Waals surface area contributed by atoms with Gasteiger partial charge in [0.1, 0.15) is 0 Å². The van der Waals surface area contributed by atoms with E-state index in [1.54, 1.807) is 0 Å². The van der Waals surface area contributed by atoms with Gasteiger partial charge >= 0.3 is 122 Å². The molecule has 0 aliphatic heterocycles. The summed E-state index contributed by atoms with van der Waals surface area (Å²) in [6.45, 7) is 13.5. The van der Waals surface area contributed by atoms with E-state index in [0.29, 0.717) is 0 Å². The summed E-state index contributed by atoms with van der Waals surface area (Å²) >= 11 is 3.00. The van der Waals surface area contributed by atoms with Crippen molar-refractivity contribution in [2.24, 2.45) is 0 Å². The van der Waals surface area contributed by atoms with Gasteiger partial charge in [0.25, 0.3) is 0 Å². The van der Waals surface area contributed by atoms with E-state index in [1.165, 1.54) is 27.2 Å². The van der Waals surface area contributed by atoms with Gasteiger partial charge in [-0.15, -0.1) is 0 Å². The van der Waals surface area contributed by atoms with Gasteiger partial charge in [-0.25, -0.2) is 0 Å². The topological polar surface area (TPSA) is 62.9 Å². The number of nitrogens with zero attached hydrogens (tertiary/aromatic N) is 1. The van der Waals surface area contributed by atoms with Crippen LogP contribution in [0.2, 0.25) is 0 Å². The Balaban J connectivity index is 0.000000624. The van der Waals surface area contributed by atoms with Crippen LogP contribution in [0.1, 0.15) is 5.56 Å². The summed E-state index contributed by atoms with van der Waals surface area (Å²) in [5.74, 6) is 0. The van der Waals surface area contributed by atoms with E-state index in [1.807, 2.05) is 14.1 Å². The molecule has 0 unspecified atom stereocenters. The Hall–Kier alpha value is -2.72. The molecule has 4 aromatic rings. The fourth-order valence-corrected chi connectivity index (χ4v) is 7.69. The molecule has 7 heteroatoms. The molecule has 0 radical (unpaired) electrons. The third kappa shape index (κ3) is 12.9. The molecule has 0 saturated heterocycles. The first-order valence-corrected chi connectivity index (χ1v) is 19.8. The smallest absolute Gasteiger partial charge is 0.0134 e. The first-order chi connectivity index (χ1) is 18.2.